The normalized spacial score (nSPS) is 12.9. The van der Waals surface area contributed by atoms with Crippen LogP contribution >= 0.6 is 23.2 Å². The van der Waals surface area contributed by atoms with Gasteiger partial charge in [0.1, 0.15) is 11.3 Å². The highest BCUT2D eigenvalue weighted by Crippen LogP contribution is 2.31. The molecule has 0 bridgehead atoms. The van der Waals surface area contributed by atoms with Gasteiger partial charge in [-0.15, -0.1) is 0 Å². The molecule has 0 saturated carbocycles. The number of nitrogens with zero attached hydrogens (tertiary/aromatic N) is 1. The molecule has 0 fully saturated rings. The van der Waals surface area contributed by atoms with Gasteiger partial charge in [0.05, 0.1) is 12.6 Å². The Labute approximate surface area is 149 Å². The van der Waals surface area contributed by atoms with E-state index in [4.69, 9.17) is 28.9 Å². The molecule has 2 rings (SSSR count). The number of aliphatic hydroxyl groups excluding tert-OH is 1. The van der Waals surface area contributed by atoms with Gasteiger partial charge in [-0.3, -0.25) is 9.59 Å². The summed E-state index contributed by atoms with van der Waals surface area (Å²) >= 11 is 11.7. The minimum atomic E-state index is -4.88. The highest BCUT2D eigenvalue weighted by atomic mass is 35.5. The molecule has 25 heavy (non-hydrogen) atoms. The lowest BCUT2D eigenvalue weighted by atomic mass is 10.1. The van der Waals surface area contributed by atoms with Crippen molar-refractivity contribution in [3.63, 3.8) is 0 Å². The number of benzene rings is 1. The fraction of sp³-hybridized carbons (Fsp3) is 0.200. The molecule has 0 saturated heterocycles. The Morgan fingerprint density at radius 2 is 1.88 bits per heavy atom. The van der Waals surface area contributed by atoms with Gasteiger partial charge in [0, 0.05) is 15.6 Å². The van der Waals surface area contributed by atoms with E-state index in [1.165, 1.54) is 18.2 Å². The predicted octanol–water partition coefficient (Wildman–Crippen LogP) is 3.01. The number of alkyl halides is 3. The second-order valence-electron chi connectivity index (χ2n) is 5.09. The van der Waals surface area contributed by atoms with Gasteiger partial charge in [0.25, 0.3) is 11.5 Å². The van der Waals surface area contributed by atoms with E-state index in [1.54, 1.807) is 0 Å². The van der Waals surface area contributed by atoms with E-state index in [1.807, 2.05) is 0 Å². The first-order chi connectivity index (χ1) is 11.5. The molecule has 1 aromatic carbocycles. The number of aromatic nitrogens is 1. The fourth-order valence-electron chi connectivity index (χ4n) is 2.24. The number of carbonyl (C=O) groups is 1. The van der Waals surface area contributed by atoms with Crippen molar-refractivity contribution in [3.05, 3.63) is 67.6 Å². The Kier molecular flexibility index (Phi) is 5.46. The maximum atomic E-state index is 13.2. The standard InChI is InChI=1S/C15H11Cl2F3N2O3/c16-7-1-3-10(17)9(5-7)11(23)6-22-12(15(18,19)20)4-2-8(13(21)24)14(22)25/h1-5,11,23H,6H2,(H2,21,24). The van der Waals surface area contributed by atoms with Crippen LogP contribution in [0.4, 0.5) is 13.2 Å². The van der Waals surface area contributed by atoms with Crippen molar-refractivity contribution >= 4 is 29.1 Å². The van der Waals surface area contributed by atoms with Crippen LogP contribution in [0.2, 0.25) is 10.0 Å². The van der Waals surface area contributed by atoms with Crippen molar-refractivity contribution in [1.82, 2.24) is 4.57 Å². The maximum Gasteiger partial charge on any atom is 0.431 e. The van der Waals surface area contributed by atoms with Crippen LogP contribution in [0.5, 0.6) is 0 Å². The van der Waals surface area contributed by atoms with Crippen LogP contribution in [0.1, 0.15) is 27.7 Å². The van der Waals surface area contributed by atoms with Crippen LogP contribution in [0.25, 0.3) is 0 Å². The summed E-state index contributed by atoms with van der Waals surface area (Å²) in [5.41, 5.74) is 1.81. The number of aliphatic hydroxyl groups is 1. The maximum absolute atomic E-state index is 13.2. The van der Waals surface area contributed by atoms with E-state index in [9.17, 15) is 27.9 Å². The molecule has 0 aliphatic heterocycles. The van der Waals surface area contributed by atoms with E-state index in [2.05, 4.69) is 0 Å². The Hall–Kier alpha value is -2.03. The largest absolute Gasteiger partial charge is 0.431 e. The molecule has 5 nitrogen and oxygen atoms in total. The van der Waals surface area contributed by atoms with Gasteiger partial charge in [-0.05, 0) is 30.3 Å². The number of nitrogens with two attached hydrogens (primary N) is 1. The molecular weight excluding hydrogens is 384 g/mol. The first-order valence-corrected chi connectivity index (χ1v) is 7.52. The lowest BCUT2D eigenvalue weighted by Crippen LogP contribution is -2.35. The summed E-state index contributed by atoms with van der Waals surface area (Å²) in [7, 11) is 0. The second-order valence-corrected chi connectivity index (χ2v) is 5.94. The first kappa shape index (κ1) is 19.3. The molecule has 2 aromatic rings. The van der Waals surface area contributed by atoms with Crippen molar-refractivity contribution in [3.8, 4) is 0 Å². The van der Waals surface area contributed by atoms with Gasteiger partial charge in [0.15, 0.2) is 0 Å². The zero-order valence-corrected chi connectivity index (χ0v) is 13.9. The molecule has 1 atom stereocenters. The van der Waals surface area contributed by atoms with Gasteiger partial charge in [-0.1, -0.05) is 23.2 Å². The molecular formula is C15H11Cl2F3N2O3. The molecule has 0 aliphatic rings. The number of amides is 1. The number of rotatable bonds is 4. The molecule has 1 unspecified atom stereocenters. The molecule has 0 aliphatic carbocycles. The topological polar surface area (TPSA) is 85.3 Å². The minimum absolute atomic E-state index is 0.0404. The highest BCUT2D eigenvalue weighted by molar-refractivity contribution is 6.33. The molecule has 0 spiro atoms. The first-order valence-electron chi connectivity index (χ1n) is 6.76. The summed E-state index contributed by atoms with van der Waals surface area (Å²) in [6, 6.07) is 5.30. The number of primary amides is 1. The van der Waals surface area contributed by atoms with Gasteiger partial charge >= 0.3 is 6.18 Å². The summed E-state index contributed by atoms with van der Waals surface area (Å²) in [4.78, 5) is 23.4. The number of hydrogen-bond donors (Lipinski definition) is 2. The Morgan fingerprint density at radius 3 is 2.44 bits per heavy atom. The van der Waals surface area contributed by atoms with E-state index in [0.29, 0.717) is 12.1 Å². The fourth-order valence-corrected chi connectivity index (χ4v) is 2.66. The molecule has 1 heterocycles. The number of pyridine rings is 1. The van der Waals surface area contributed by atoms with Gasteiger partial charge in [-0.2, -0.15) is 13.2 Å². The van der Waals surface area contributed by atoms with E-state index in [-0.39, 0.29) is 20.2 Å². The van der Waals surface area contributed by atoms with Crippen LogP contribution in [-0.4, -0.2) is 15.6 Å². The third kappa shape index (κ3) is 4.15. The third-order valence-corrected chi connectivity index (χ3v) is 3.98. The highest BCUT2D eigenvalue weighted by Gasteiger charge is 2.35. The Morgan fingerprint density at radius 1 is 1.24 bits per heavy atom. The van der Waals surface area contributed by atoms with Crippen LogP contribution in [-0.2, 0) is 12.7 Å². The quantitative estimate of drug-likeness (QED) is 0.835. The summed E-state index contributed by atoms with van der Waals surface area (Å²) < 4.78 is 39.7. The predicted molar refractivity (Wildman–Crippen MR) is 85.6 cm³/mol. The molecule has 3 N–H and O–H groups in total. The monoisotopic (exact) mass is 394 g/mol. The van der Waals surface area contributed by atoms with Crippen molar-refractivity contribution < 1.29 is 23.1 Å². The van der Waals surface area contributed by atoms with Crippen molar-refractivity contribution in [2.75, 3.05) is 0 Å². The smallest absolute Gasteiger partial charge is 0.386 e. The second kappa shape index (κ2) is 7.07. The van der Waals surface area contributed by atoms with Crippen molar-refractivity contribution in [2.24, 2.45) is 5.73 Å². The van der Waals surface area contributed by atoms with E-state index < -0.39 is 41.5 Å². The lowest BCUT2D eigenvalue weighted by Gasteiger charge is -2.20. The zero-order valence-electron chi connectivity index (χ0n) is 12.3. The molecule has 1 amide bonds. The lowest BCUT2D eigenvalue weighted by molar-refractivity contribution is -0.144. The summed E-state index contributed by atoms with van der Waals surface area (Å²) in [6.45, 7) is -0.797. The number of halogens is 5. The van der Waals surface area contributed by atoms with E-state index >= 15 is 0 Å². The number of hydrogen-bond acceptors (Lipinski definition) is 3. The van der Waals surface area contributed by atoms with Crippen LogP contribution in [0, 0.1) is 0 Å². The molecule has 10 heteroatoms. The summed E-state index contributed by atoms with van der Waals surface area (Å²) in [5.74, 6) is -1.18. The zero-order chi connectivity index (χ0) is 18.9. The minimum Gasteiger partial charge on any atom is -0.386 e. The van der Waals surface area contributed by atoms with Crippen LogP contribution in [0.15, 0.2) is 35.1 Å². The van der Waals surface area contributed by atoms with Gasteiger partial charge in [0.2, 0.25) is 0 Å². The van der Waals surface area contributed by atoms with E-state index in [0.717, 1.165) is 0 Å². The SMILES string of the molecule is NC(=O)c1ccc(C(F)(F)F)n(CC(O)c2cc(Cl)ccc2Cl)c1=O. The third-order valence-electron chi connectivity index (χ3n) is 3.40. The summed E-state index contributed by atoms with van der Waals surface area (Å²) in [6.07, 6.45) is -6.46. The van der Waals surface area contributed by atoms with Crippen LogP contribution < -0.4 is 11.3 Å². The molecule has 0 radical (unpaired) electrons. The Bertz CT molecular complexity index is 881. The van der Waals surface area contributed by atoms with Crippen molar-refractivity contribution in [1.29, 1.82) is 0 Å². The average molecular weight is 395 g/mol. The molecule has 134 valence electrons. The van der Waals surface area contributed by atoms with Crippen LogP contribution in [0.3, 0.4) is 0 Å². The molecule has 1 aromatic heterocycles. The van der Waals surface area contributed by atoms with Crippen molar-refractivity contribution in [2.45, 2.75) is 18.8 Å². The Balaban J connectivity index is 2.57. The van der Waals surface area contributed by atoms with Gasteiger partial charge in [-0.25, -0.2) is 0 Å². The number of carbonyl (C=O) groups excluding carboxylic acids is 1. The van der Waals surface area contributed by atoms with Gasteiger partial charge < -0.3 is 15.4 Å². The summed E-state index contributed by atoms with van der Waals surface area (Å²) in [5, 5.41) is 10.5. The average Bonchev–Trinajstić information content (AvgIpc) is 2.49.